The maximum absolute atomic E-state index is 14.8. The molecule has 4 unspecified atom stereocenters. The number of ether oxygens (including phenoxy) is 2. The largest absolute Gasteiger partial charge is 0.444 e. The Kier molecular flexibility index (Phi) is 10.9. The molecule has 2 aliphatic carbocycles. The normalized spacial score (nSPS) is 22.8. The Balaban J connectivity index is 1.37. The van der Waals surface area contributed by atoms with Gasteiger partial charge in [0.25, 0.3) is 0 Å². The van der Waals surface area contributed by atoms with E-state index in [0.29, 0.717) is 18.5 Å². The molecule has 284 valence electrons. The zero-order valence-electron chi connectivity index (χ0n) is 31.6. The molecule has 6 rings (SSSR count). The van der Waals surface area contributed by atoms with Gasteiger partial charge in [0, 0.05) is 41.0 Å². The van der Waals surface area contributed by atoms with Crippen LogP contribution in [0, 0.1) is 17.7 Å². The van der Waals surface area contributed by atoms with Gasteiger partial charge in [-0.1, -0.05) is 38.5 Å². The van der Waals surface area contributed by atoms with E-state index in [1.165, 1.54) is 12.1 Å². The highest BCUT2D eigenvalue weighted by Gasteiger charge is 2.52. The molecule has 3 N–H and O–H groups in total. The van der Waals surface area contributed by atoms with Crippen LogP contribution in [0.4, 0.5) is 14.0 Å². The molecule has 2 saturated carbocycles. The van der Waals surface area contributed by atoms with Crippen molar-refractivity contribution in [1.82, 2.24) is 25.4 Å². The second-order valence-electron chi connectivity index (χ2n) is 17.1. The highest BCUT2D eigenvalue weighted by molar-refractivity contribution is 5.99. The minimum absolute atomic E-state index is 0.0517. The summed E-state index contributed by atoms with van der Waals surface area (Å²) in [5.41, 5.74) is 0.651. The number of nitrogens with one attached hydrogen (secondary N) is 3. The number of nitrogens with zero attached hydrogens (tertiary/aromatic N) is 2. The molecule has 1 aromatic carbocycles. The van der Waals surface area contributed by atoms with Crippen molar-refractivity contribution in [3.63, 3.8) is 0 Å². The molecule has 0 radical (unpaired) electrons. The standard InChI is InChI=1S/C40H56FN5O6/c1-39(2,3)51-37(49)43-32(24-13-9-7-10-14-24)35(47)45-20-19-31-34(45)29(28-22-42-30-21-26(41)17-18-27(28)30)23-46(31)36(48)33(25-15-11-8-12-16-25)44-38(50)52-40(4,5)6/h17-18,21-25,31-34,42H,7-16,19-20H2,1-6H3,(H,43,49)(H,44,50). The van der Waals surface area contributed by atoms with E-state index in [0.717, 1.165) is 80.7 Å². The average molecular weight is 722 g/mol. The molecule has 4 amide bonds. The van der Waals surface area contributed by atoms with E-state index in [1.807, 2.05) is 11.1 Å². The Morgan fingerprint density at radius 3 is 1.87 bits per heavy atom. The van der Waals surface area contributed by atoms with Gasteiger partial charge >= 0.3 is 12.2 Å². The summed E-state index contributed by atoms with van der Waals surface area (Å²) in [6.07, 6.45) is 12.2. The van der Waals surface area contributed by atoms with Gasteiger partial charge < -0.3 is 34.9 Å². The number of fused-ring (bicyclic) bond motifs is 2. The summed E-state index contributed by atoms with van der Waals surface area (Å²) in [5, 5.41) is 6.68. The van der Waals surface area contributed by atoms with Crippen LogP contribution in [0.2, 0.25) is 0 Å². The second kappa shape index (κ2) is 15.1. The quantitative estimate of drug-likeness (QED) is 0.273. The first kappa shape index (κ1) is 37.7. The highest BCUT2D eigenvalue weighted by atomic mass is 19.1. The van der Waals surface area contributed by atoms with Crippen molar-refractivity contribution in [1.29, 1.82) is 0 Å². The van der Waals surface area contributed by atoms with E-state index >= 15 is 0 Å². The Morgan fingerprint density at radius 2 is 1.33 bits per heavy atom. The first-order chi connectivity index (χ1) is 24.6. The summed E-state index contributed by atoms with van der Waals surface area (Å²) < 4.78 is 25.5. The summed E-state index contributed by atoms with van der Waals surface area (Å²) in [6, 6.07) is 2.01. The van der Waals surface area contributed by atoms with Crippen LogP contribution >= 0.6 is 0 Å². The number of halogens is 1. The van der Waals surface area contributed by atoms with Gasteiger partial charge in [-0.05, 0) is 104 Å². The van der Waals surface area contributed by atoms with Crippen LogP contribution in [-0.2, 0) is 19.1 Å². The number of benzene rings is 1. The van der Waals surface area contributed by atoms with Crippen LogP contribution in [-0.4, -0.2) is 80.7 Å². The van der Waals surface area contributed by atoms with E-state index in [2.05, 4.69) is 15.6 Å². The van der Waals surface area contributed by atoms with Gasteiger partial charge in [-0.3, -0.25) is 9.59 Å². The van der Waals surface area contributed by atoms with Crippen LogP contribution < -0.4 is 10.6 Å². The van der Waals surface area contributed by atoms with E-state index in [9.17, 15) is 23.6 Å². The van der Waals surface area contributed by atoms with Crippen LogP contribution in [0.1, 0.15) is 118 Å². The molecule has 1 aromatic heterocycles. The molecule has 1 saturated heterocycles. The highest BCUT2D eigenvalue weighted by Crippen LogP contribution is 2.43. The fraction of sp³-hybridized carbons (Fsp3) is 0.650. The Morgan fingerprint density at radius 1 is 0.788 bits per heavy atom. The lowest BCUT2D eigenvalue weighted by Crippen LogP contribution is -2.56. The van der Waals surface area contributed by atoms with Crippen molar-refractivity contribution in [3.05, 3.63) is 42.0 Å². The van der Waals surface area contributed by atoms with E-state index < -0.39 is 47.6 Å². The zero-order chi connectivity index (χ0) is 37.4. The van der Waals surface area contributed by atoms with Gasteiger partial charge in [0.15, 0.2) is 0 Å². The lowest BCUT2D eigenvalue weighted by atomic mass is 9.83. The lowest BCUT2D eigenvalue weighted by Gasteiger charge is -2.36. The van der Waals surface area contributed by atoms with Crippen molar-refractivity contribution in [2.45, 2.75) is 148 Å². The molecule has 0 spiro atoms. The maximum Gasteiger partial charge on any atom is 0.408 e. The summed E-state index contributed by atoms with van der Waals surface area (Å²) in [4.78, 5) is 62.7. The molecule has 52 heavy (non-hydrogen) atoms. The molecule has 11 nitrogen and oxygen atoms in total. The number of hydrogen-bond donors (Lipinski definition) is 3. The van der Waals surface area contributed by atoms with E-state index in [4.69, 9.17) is 9.47 Å². The Bertz CT molecular complexity index is 1680. The number of carbonyl (C=O) groups is 4. The van der Waals surface area contributed by atoms with Crippen molar-refractivity contribution >= 4 is 40.5 Å². The predicted octanol–water partition coefficient (Wildman–Crippen LogP) is 7.41. The summed E-state index contributed by atoms with van der Waals surface area (Å²) >= 11 is 0. The third-order valence-corrected chi connectivity index (χ3v) is 10.9. The van der Waals surface area contributed by atoms with Gasteiger partial charge in [0.1, 0.15) is 29.1 Å². The molecule has 3 fully saturated rings. The third-order valence-electron chi connectivity index (χ3n) is 10.9. The van der Waals surface area contributed by atoms with Crippen LogP contribution in [0.15, 0.2) is 30.6 Å². The average Bonchev–Trinajstić information content (AvgIpc) is 3.79. The van der Waals surface area contributed by atoms with Crippen molar-refractivity contribution < 1.29 is 33.0 Å². The smallest absolute Gasteiger partial charge is 0.408 e. The predicted molar refractivity (Wildman–Crippen MR) is 196 cm³/mol. The molecule has 12 heteroatoms. The molecular weight excluding hydrogens is 665 g/mol. The fourth-order valence-electron chi connectivity index (χ4n) is 8.71. The molecule has 4 atom stereocenters. The lowest BCUT2D eigenvalue weighted by molar-refractivity contribution is -0.137. The molecule has 0 bridgehead atoms. The van der Waals surface area contributed by atoms with Gasteiger partial charge in [-0.15, -0.1) is 0 Å². The number of alkyl carbamates (subject to hydrolysis) is 2. The Hall–Kier alpha value is -4.09. The second-order valence-corrected chi connectivity index (χ2v) is 17.1. The summed E-state index contributed by atoms with van der Waals surface area (Å²) in [7, 11) is 0. The number of rotatable bonds is 7. The maximum atomic E-state index is 14.8. The minimum Gasteiger partial charge on any atom is -0.444 e. The third kappa shape index (κ3) is 8.41. The van der Waals surface area contributed by atoms with E-state index in [-0.39, 0.29) is 29.5 Å². The number of amides is 4. The SMILES string of the molecule is CC(C)(C)OC(=O)NC(C(=O)N1C=C(c2c[nH]c3cc(F)ccc23)C2C1CCN2C(=O)C(NC(=O)OC(C)(C)C)C1CCCCC1)C1CCCCC1. The van der Waals surface area contributed by atoms with E-state index in [1.54, 1.807) is 58.7 Å². The number of hydrogen-bond acceptors (Lipinski definition) is 6. The molecular formula is C40H56FN5O6. The van der Waals surface area contributed by atoms with Crippen molar-refractivity contribution in [2.75, 3.05) is 6.54 Å². The zero-order valence-corrected chi connectivity index (χ0v) is 31.6. The van der Waals surface area contributed by atoms with Gasteiger partial charge in [0.05, 0.1) is 12.1 Å². The first-order valence-corrected chi connectivity index (χ1v) is 19.2. The number of aromatic nitrogens is 1. The van der Waals surface area contributed by atoms with Gasteiger partial charge in [-0.25, -0.2) is 14.0 Å². The number of H-pyrrole nitrogens is 1. The van der Waals surface area contributed by atoms with Crippen LogP contribution in [0.25, 0.3) is 16.5 Å². The number of carbonyl (C=O) groups excluding carboxylic acids is 4. The first-order valence-electron chi connectivity index (χ1n) is 19.2. The summed E-state index contributed by atoms with van der Waals surface area (Å²) in [5.74, 6) is -0.927. The number of aromatic amines is 1. The van der Waals surface area contributed by atoms with Gasteiger partial charge in [0.2, 0.25) is 11.8 Å². The summed E-state index contributed by atoms with van der Waals surface area (Å²) in [6.45, 7) is 11.1. The topological polar surface area (TPSA) is 133 Å². The minimum atomic E-state index is -0.808. The molecule has 2 aliphatic heterocycles. The monoisotopic (exact) mass is 721 g/mol. The molecule has 3 heterocycles. The van der Waals surface area contributed by atoms with Crippen LogP contribution in [0.5, 0.6) is 0 Å². The van der Waals surface area contributed by atoms with Crippen molar-refractivity contribution in [3.8, 4) is 0 Å². The Labute approximate surface area is 306 Å². The number of likely N-dealkylation sites (tertiary alicyclic amines) is 1. The van der Waals surface area contributed by atoms with Crippen LogP contribution in [0.3, 0.4) is 0 Å². The fourth-order valence-corrected chi connectivity index (χ4v) is 8.71. The molecule has 4 aliphatic rings. The van der Waals surface area contributed by atoms with Gasteiger partial charge in [-0.2, -0.15) is 0 Å². The molecule has 2 aromatic rings. The van der Waals surface area contributed by atoms with Crippen molar-refractivity contribution in [2.24, 2.45) is 11.8 Å².